The molecule has 4 nitrogen and oxygen atoms in total. The summed E-state index contributed by atoms with van der Waals surface area (Å²) in [7, 11) is 0. The highest BCUT2D eigenvalue weighted by Crippen LogP contribution is 2.16. The molecular weight excluding hydrogens is 235 g/mol. The summed E-state index contributed by atoms with van der Waals surface area (Å²) in [5, 5.41) is 8.74. The van der Waals surface area contributed by atoms with Gasteiger partial charge in [-0.15, -0.1) is 0 Å². The van der Waals surface area contributed by atoms with Crippen molar-refractivity contribution >= 4 is 5.91 Å². The van der Waals surface area contributed by atoms with Crippen molar-refractivity contribution in [2.75, 3.05) is 19.7 Å². The zero-order valence-electron chi connectivity index (χ0n) is 9.80. The van der Waals surface area contributed by atoms with Crippen molar-refractivity contribution in [3.05, 3.63) is 30.1 Å². The molecule has 1 aromatic carbocycles. The van der Waals surface area contributed by atoms with Gasteiger partial charge in [-0.3, -0.25) is 4.79 Å². The van der Waals surface area contributed by atoms with Crippen LogP contribution < -0.4 is 4.74 Å². The van der Waals surface area contributed by atoms with Crippen LogP contribution in [-0.2, 0) is 4.79 Å². The number of amides is 1. The highest BCUT2D eigenvalue weighted by atomic mass is 19.1. The predicted octanol–water partition coefficient (Wildman–Crippen LogP) is 1.58. The average Bonchev–Trinajstić information content (AvgIpc) is 2.73. The Bertz CT molecular complexity index is 467. The Morgan fingerprint density at radius 3 is 2.78 bits per heavy atom. The van der Waals surface area contributed by atoms with E-state index in [1.54, 1.807) is 17.0 Å². The second-order valence-electron chi connectivity index (χ2n) is 4.17. The fourth-order valence-corrected chi connectivity index (χ4v) is 1.88. The van der Waals surface area contributed by atoms with Crippen molar-refractivity contribution in [3.8, 4) is 11.8 Å². The topological polar surface area (TPSA) is 53.3 Å². The van der Waals surface area contributed by atoms with Gasteiger partial charge in [0.2, 0.25) is 5.91 Å². The summed E-state index contributed by atoms with van der Waals surface area (Å²) in [6.45, 7) is 1.27. The van der Waals surface area contributed by atoms with Crippen molar-refractivity contribution in [2.24, 2.45) is 5.92 Å². The lowest BCUT2D eigenvalue weighted by Gasteiger charge is -2.15. The molecule has 0 aliphatic carbocycles. The van der Waals surface area contributed by atoms with Gasteiger partial charge in [-0.1, -0.05) is 0 Å². The van der Waals surface area contributed by atoms with Gasteiger partial charge in [-0.25, -0.2) is 4.39 Å². The number of rotatable bonds is 4. The molecule has 0 N–H and O–H groups in total. The molecule has 1 aliphatic heterocycles. The van der Waals surface area contributed by atoms with Gasteiger partial charge in [0.05, 0.1) is 18.5 Å². The number of hydrogen-bond acceptors (Lipinski definition) is 3. The molecule has 0 saturated carbocycles. The van der Waals surface area contributed by atoms with Gasteiger partial charge in [0, 0.05) is 13.0 Å². The van der Waals surface area contributed by atoms with Crippen molar-refractivity contribution < 1.29 is 13.9 Å². The minimum Gasteiger partial charge on any atom is -0.492 e. The Morgan fingerprint density at radius 1 is 1.44 bits per heavy atom. The van der Waals surface area contributed by atoms with E-state index in [4.69, 9.17) is 10.00 Å². The molecule has 2 rings (SSSR count). The van der Waals surface area contributed by atoms with Gasteiger partial charge in [-0.2, -0.15) is 5.26 Å². The monoisotopic (exact) mass is 248 g/mol. The van der Waals surface area contributed by atoms with Crippen LogP contribution in [0.2, 0.25) is 0 Å². The molecule has 0 aromatic heterocycles. The molecule has 1 amide bonds. The lowest BCUT2D eigenvalue weighted by Crippen LogP contribution is -2.29. The first-order valence-corrected chi connectivity index (χ1v) is 5.75. The van der Waals surface area contributed by atoms with Gasteiger partial charge < -0.3 is 9.64 Å². The first-order valence-electron chi connectivity index (χ1n) is 5.75. The molecular formula is C13H13FN2O2. The van der Waals surface area contributed by atoms with E-state index in [9.17, 15) is 9.18 Å². The molecule has 0 bridgehead atoms. The molecule has 94 valence electrons. The van der Waals surface area contributed by atoms with Gasteiger partial charge in [0.1, 0.15) is 18.2 Å². The molecule has 18 heavy (non-hydrogen) atoms. The summed E-state index contributed by atoms with van der Waals surface area (Å²) >= 11 is 0. The summed E-state index contributed by atoms with van der Waals surface area (Å²) in [6, 6.07) is 7.82. The second-order valence-corrected chi connectivity index (χ2v) is 4.17. The third-order valence-electron chi connectivity index (χ3n) is 2.84. The number of nitriles is 1. The van der Waals surface area contributed by atoms with E-state index in [1.165, 1.54) is 12.1 Å². The van der Waals surface area contributed by atoms with Crippen LogP contribution in [0.4, 0.5) is 4.39 Å². The van der Waals surface area contributed by atoms with Crippen LogP contribution >= 0.6 is 0 Å². The Kier molecular flexibility index (Phi) is 3.78. The molecule has 1 atom stereocenters. The highest BCUT2D eigenvalue weighted by molar-refractivity contribution is 5.79. The number of hydrogen-bond donors (Lipinski definition) is 0. The molecule has 0 radical (unpaired) electrons. The number of nitrogens with zero attached hydrogens (tertiary/aromatic N) is 2. The van der Waals surface area contributed by atoms with Crippen LogP contribution in [0.1, 0.15) is 6.42 Å². The normalized spacial score (nSPS) is 18.8. The molecule has 1 aliphatic rings. The molecule has 1 heterocycles. The number of likely N-dealkylation sites (tertiary alicyclic amines) is 1. The molecule has 5 heteroatoms. The summed E-state index contributed by atoms with van der Waals surface area (Å²) in [4.78, 5) is 13.1. The number of carbonyl (C=O) groups excluding carboxylic acids is 1. The zero-order valence-corrected chi connectivity index (χ0v) is 9.80. The van der Waals surface area contributed by atoms with E-state index < -0.39 is 0 Å². The standard InChI is InChI=1S/C13H13FN2O2/c14-11-1-3-12(4-2-11)18-6-5-16-9-10(8-15)7-13(16)17/h1-4,10H,5-7,9H2. The molecule has 0 spiro atoms. The van der Waals surface area contributed by atoms with E-state index in [1.807, 2.05) is 0 Å². The Hall–Kier alpha value is -2.09. The second kappa shape index (κ2) is 5.50. The van der Waals surface area contributed by atoms with Crippen LogP contribution in [0, 0.1) is 23.1 Å². The first-order chi connectivity index (χ1) is 8.69. The van der Waals surface area contributed by atoms with Crippen molar-refractivity contribution in [3.63, 3.8) is 0 Å². The maximum Gasteiger partial charge on any atom is 0.224 e. The van der Waals surface area contributed by atoms with Crippen LogP contribution in [0.3, 0.4) is 0 Å². The number of halogens is 1. The van der Waals surface area contributed by atoms with E-state index in [0.717, 1.165) is 0 Å². The third-order valence-corrected chi connectivity index (χ3v) is 2.84. The predicted molar refractivity (Wildman–Crippen MR) is 62.2 cm³/mol. The van der Waals surface area contributed by atoms with E-state index >= 15 is 0 Å². The maximum absolute atomic E-state index is 12.6. The van der Waals surface area contributed by atoms with Crippen molar-refractivity contribution in [1.29, 1.82) is 5.26 Å². The third kappa shape index (κ3) is 2.98. The SMILES string of the molecule is N#CC1CC(=O)N(CCOc2ccc(F)cc2)C1. The number of benzene rings is 1. The number of carbonyl (C=O) groups is 1. The van der Waals surface area contributed by atoms with Crippen molar-refractivity contribution in [1.82, 2.24) is 4.90 Å². The molecule has 1 fully saturated rings. The summed E-state index contributed by atoms with van der Waals surface area (Å²) < 4.78 is 18.0. The fourth-order valence-electron chi connectivity index (χ4n) is 1.88. The number of ether oxygens (including phenoxy) is 1. The summed E-state index contributed by atoms with van der Waals surface area (Å²) in [6.07, 6.45) is 0.299. The van der Waals surface area contributed by atoms with Gasteiger partial charge >= 0.3 is 0 Å². The maximum atomic E-state index is 12.6. The average molecular weight is 248 g/mol. The van der Waals surface area contributed by atoms with Gasteiger partial charge in [0.15, 0.2) is 0 Å². The fraction of sp³-hybridized carbons (Fsp3) is 0.385. The smallest absolute Gasteiger partial charge is 0.224 e. The van der Waals surface area contributed by atoms with Crippen LogP contribution in [0.5, 0.6) is 5.75 Å². The van der Waals surface area contributed by atoms with Crippen LogP contribution in [0.25, 0.3) is 0 Å². The molecule has 1 saturated heterocycles. The minimum atomic E-state index is -0.311. The highest BCUT2D eigenvalue weighted by Gasteiger charge is 2.28. The van der Waals surface area contributed by atoms with Gasteiger partial charge in [0.25, 0.3) is 0 Å². The minimum absolute atomic E-state index is 0.00995. The van der Waals surface area contributed by atoms with E-state index in [2.05, 4.69) is 6.07 Å². The van der Waals surface area contributed by atoms with Crippen LogP contribution in [-0.4, -0.2) is 30.5 Å². The first kappa shape index (κ1) is 12.4. The summed E-state index contributed by atoms with van der Waals surface area (Å²) in [5.41, 5.74) is 0. The Labute approximate surface area is 105 Å². The Morgan fingerprint density at radius 2 is 2.17 bits per heavy atom. The lowest BCUT2D eigenvalue weighted by atomic mass is 10.1. The van der Waals surface area contributed by atoms with Crippen LogP contribution in [0.15, 0.2) is 24.3 Å². The largest absolute Gasteiger partial charge is 0.492 e. The van der Waals surface area contributed by atoms with Gasteiger partial charge in [-0.05, 0) is 24.3 Å². The van der Waals surface area contributed by atoms with Crippen molar-refractivity contribution in [2.45, 2.75) is 6.42 Å². The lowest BCUT2D eigenvalue weighted by molar-refractivity contribution is -0.128. The Balaban J connectivity index is 1.77. The van der Waals surface area contributed by atoms with E-state index in [0.29, 0.717) is 31.9 Å². The zero-order chi connectivity index (χ0) is 13.0. The van der Waals surface area contributed by atoms with E-state index in [-0.39, 0.29) is 17.6 Å². The molecule has 1 aromatic rings. The molecule has 1 unspecified atom stereocenters. The summed E-state index contributed by atoms with van der Waals surface area (Å²) in [5.74, 6) is 0.0430. The quantitative estimate of drug-likeness (QED) is 0.812.